The van der Waals surface area contributed by atoms with Crippen LogP contribution in [0.15, 0.2) is 48.5 Å². The van der Waals surface area contributed by atoms with Gasteiger partial charge in [-0.25, -0.2) is 11.6 Å². The Balaban J connectivity index is 0.000000448. The zero-order chi connectivity index (χ0) is 30.5. The second-order valence-corrected chi connectivity index (χ2v) is 17.1. The molecule has 0 atom stereocenters. The fourth-order valence-electron chi connectivity index (χ4n) is 6.97. The number of allylic oxidation sites excluding steroid dienone is 4. The maximum Gasteiger partial charge on any atom is 4.00 e. The fourth-order valence-corrected chi connectivity index (χ4v) is 6.97. The minimum atomic E-state index is -0.0202. The molecule has 0 saturated heterocycles. The van der Waals surface area contributed by atoms with E-state index in [2.05, 4.69) is 152 Å². The first-order chi connectivity index (χ1) is 18.6. The molecule has 0 amide bonds. The molecule has 0 nitrogen and oxygen atoms in total. The third-order valence-corrected chi connectivity index (χ3v) is 9.36. The summed E-state index contributed by atoms with van der Waals surface area (Å²) in [4.78, 5) is 0. The Morgan fingerprint density at radius 2 is 1.18 bits per heavy atom. The van der Waals surface area contributed by atoms with E-state index < -0.39 is 0 Å². The minimum Gasteiger partial charge on any atom is -1.00 e. The van der Waals surface area contributed by atoms with Crippen molar-refractivity contribution in [1.29, 1.82) is 0 Å². The van der Waals surface area contributed by atoms with Crippen molar-refractivity contribution in [2.75, 3.05) is 0 Å². The third-order valence-electron chi connectivity index (χ3n) is 9.36. The smallest absolute Gasteiger partial charge is 1.00 e. The van der Waals surface area contributed by atoms with E-state index >= 15 is 0 Å². The van der Waals surface area contributed by atoms with Crippen molar-refractivity contribution < 1.29 is 51.0 Å². The van der Waals surface area contributed by atoms with Crippen molar-refractivity contribution in [3.8, 4) is 11.1 Å². The van der Waals surface area contributed by atoms with Gasteiger partial charge in [0.1, 0.15) is 0 Å². The van der Waals surface area contributed by atoms with E-state index in [1.807, 2.05) is 0 Å². The Kier molecular flexibility index (Phi) is 11.0. The van der Waals surface area contributed by atoms with Gasteiger partial charge in [-0.15, -0.1) is 11.6 Å². The number of hydrogen-bond donors (Lipinski definition) is 0. The van der Waals surface area contributed by atoms with Crippen molar-refractivity contribution in [2.45, 2.75) is 120 Å². The molecule has 0 saturated carbocycles. The number of rotatable bonds is 0. The van der Waals surface area contributed by atoms with Gasteiger partial charge in [0.15, 0.2) is 0 Å². The second-order valence-electron chi connectivity index (χ2n) is 17.1. The summed E-state index contributed by atoms with van der Waals surface area (Å²) in [5.74, 6) is 0. The van der Waals surface area contributed by atoms with Crippen molar-refractivity contribution in [2.24, 2.45) is 10.8 Å². The Hall–Kier alpha value is -1.27. The van der Waals surface area contributed by atoms with Crippen molar-refractivity contribution >= 4 is 11.1 Å². The molecule has 0 spiro atoms. The van der Waals surface area contributed by atoms with Gasteiger partial charge in [-0.05, 0) is 62.3 Å². The third kappa shape index (κ3) is 7.02. The molecule has 0 heterocycles. The van der Waals surface area contributed by atoms with Gasteiger partial charge >= 0.3 is 26.2 Å². The molecular formula is C41H52Cl2Zr. The number of halogens is 2. The molecule has 3 aliphatic carbocycles. The van der Waals surface area contributed by atoms with Crippen LogP contribution in [0.5, 0.6) is 0 Å². The van der Waals surface area contributed by atoms with Crippen LogP contribution in [0.4, 0.5) is 0 Å². The summed E-state index contributed by atoms with van der Waals surface area (Å²) in [5.41, 5.74) is 18.0. The minimum absolute atomic E-state index is 0. The van der Waals surface area contributed by atoms with Crippen LogP contribution in [-0.2, 0) is 48.9 Å². The van der Waals surface area contributed by atoms with Crippen LogP contribution < -0.4 is 24.8 Å². The summed E-state index contributed by atoms with van der Waals surface area (Å²) in [5, 5.41) is 0. The molecule has 3 aromatic rings. The van der Waals surface area contributed by atoms with E-state index in [0.717, 1.165) is 6.42 Å². The standard InChI is InChI=1S/C31H37.C10H15.2ClH.Zr/c1-28(2,3)26-16-30(7,8)24-12-18-11-19-13-25-23(15-21(19)20(18)14-22(24)26)27(29(4,5)6)17-31(25,9)10;1-8-5-6-9(7-8)10(2,3)4;;;/h12-16H,11H2,1-10H3;5-7H,1-4H3;2*1H;/q2*-1;;;+4/p-2. The van der Waals surface area contributed by atoms with Crippen molar-refractivity contribution in [3.05, 3.63) is 99.1 Å². The number of hydrogen-bond acceptors (Lipinski definition) is 0. The Morgan fingerprint density at radius 3 is 1.61 bits per heavy atom. The van der Waals surface area contributed by atoms with Gasteiger partial charge < -0.3 is 24.8 Å². The van der Waals surface area contributed by atoms with Gasteiger partial charge in [0, 0.05) is 5.41 Å². The molecule has 0 unspecified atom stereocenters. The van der Waals surface area contributed by atoms with Crippen molar-refractivity contribution in [3.63, 3.8) is 0 Å². The first kappa shape index (κ1) is 38.9. The van der Waals surface area contributed by atoms with Crippen LogP contribution in [0.25, 0.3) is 22.3 Å². The second kappa shape index (κ2) is 12.4. The molecule has 234 valence electrons. The Morgan fingerprint density at radius 1 is 0.659 bits per heavy atom. The number of benzene rings is 2. The molecule has 0 N–H and O–H groups in total. The van der Waals surface area contributed by atoms with Crippen LogP contribution in [0, 0.1) is 23.8 Å². The average Bonchev–Trinajstić information content (AvgIpc) is 3.53. The van der Waals surface area contributed by atoms with Gasteiger partial charge in [-0.3, -0.25) is 6.08 Å². The average molecular weight is 707 g/mol. The Bertz CT molecular complexity index is 1510. The number of aryl methyl sites for hydroxylation is 1. The van der Waals surface area contributed by atoms with Gasteiger partial charge in [-0.2, -0.15) is 28.8 Å². The van der Waals surface area contributed by atoms with Crippen LogP contribution in [0.2, 0.25) is 0 Å². The molecule has 0 aromatic heterocycles. The van der Waals surface area contributed by atoms with Gasteiger partial charge in [0.25, 0.3) is 0 Å². The molecular weight excluding hydrogens is 655 g/mol. The molecule has 3 aromatic carbocycles. The van der Waals surface area contributed by atoms with Crippen LogP contribution in [0.1, 0.15) is 135 Å². The summed E-state index contributed by atoms with van der Waals surface area (Å²) in [6.45, 7) is 32.2. The Labute approximate surface area is 300 Å². The van der Waals surface area contributed by atoms with Crippen molar-refractivity contribution in [1.82, 2.24) is 0 Å². The van der Waals surface area contributed by atoms with E-state index in [-0.39, 0.29) is 72.7 Å². The van der Waals surface area contributed by atoms with Crippen LogP contribution in [-0.4, -0.2) is 0 Å². The largest absolute Gasteiger partial charge is 4.00 e. The van der Waals surface area contributed by atoms with Crippen LogP contribution >= 0.6 is 0 Å². The fraction of sp³-hybridized carbons (Fsp3) is 0.488. The first-order valence-corrected chi connectivity index (χ1v) is 15.6. The molecule has 0 fully saturated rings. The van der Waals surface area contributed by atoms with E-state index in [0.29, 0.717) is 5.41 Å². The quantitative estimate of drug-likeness (QED) is 0.212. The summed E-state index contributed by atoms with van der Waals surface area (Å²) in [6, 6.07) is 16.6. The molecule has 6 rings (SSSR count). The molecule has 3 aliphatic rings. The van der Waals surface area contributed by atoms with E-state index in [1.54, 1.807) is 0 Å². The SMILES string of the molecule is CC(C)(C)C1=[C-]C(C)(C)c2cc3c(cc21)-c1cc2c(cc1C3)C(C)(C)C=C2C(C)(C)C.Cc1cc(C(C)(C)C)c[cH-]1.[Cl-].[Cl-].[Zr+4]. The van der Waals surface area contributed by atoms with Gasteiger partial charge in [-0.1, -0.05) is 126 Å². The molecule has 44 heavy (non-hydrogen) atoms. The maximum atomic E-state index is 3.85. The molecule has 3 heteroatoms. The summed E-state index contributed by atoms with van der Waals surface area (Å²) < 4.78 is 0. The van der Waals surface area contributed by atoms with Gasteiger partial charge in [0.05, 0.1) is 0 Å². The molecule has 0 radical (unpaired) electrons. The first-order valence-electron chi connectivity index (χ1n) is 15.6. The summed E-state index contributed by atoms with van der Waals surface area (Å²) in [6.07, 6.45) is 7.41. The summed E-state index contributed by atoms with van der Waals surface area (Å²) >= 11 is 0. The molecule has 0 bridgehead atoms. The molecule has 0 aliphatic heterocycles. The van der Waals surface area contributed by atoms with E-state index in [1.165, 1.54) is 66.8 Å². The predicted octanol–water partition coefficient (Wildman–Crippen LogP) is 5.52. The predicted molar refractivity (Wildman–Crippen MR) is 180 cm³/mol. The zero-order valence-electron chi connectivity index (χ0n) is 29.6. The van der Waals surface area contributed by atoms with Gasteiger partial charge in [0.2, 0.25) is 0 Å². The normalized spacial score (nSPS) is 16.9. The topological polar surface area (TPSA) is 0 Å². The van der Waals surface area contributed by atoms with E-state index in [4.69, 9.17) is 0 Å². The zero-order valence-corrected chi connectivity index (χ0v) is 33.6. The van der Waals surface area contributed by atoms with E-state index in [9.17, 15) is 0 Å². The monoisotopic (exact) mass is 704 g/mol. The maximum absolute atomic E-state index is 3.85. The van der Waals surface area contributed by atoms with Crippen LogP contribution in [0.3, 0.4) is 0 Å². The summed E-state index contributed by atoms with van der Waals surface area (Å²) in [7, 11) is 0. The number of fused-ring (bicyclic) bond motifs is 5.